The minimum absolute atomic E-state index is 0.0673. The molecule has 0 amide bonds. The Morgan fingerprint density at radius 2 is 1.62 bits per heavy atom. The first kappa shape index (κ1) is 18.8. The Bertz CT molecular complexity index is 1150. The van der Waals surface area contributed by atoms with Gasteiger partial charge >= 0.3 is 6.18 Å². The van der Waals surface area contributed by atoms with Crippen LogP contribution in [-0.2, 0) is 12.7 Å². The molecule has 0 aliphatic carbocycles. The average Bonchev–Trinajstić information content (AvgIpc) is 3.05. The van der Waals surface area contributed by atoms with Gasteiger partial charge in [-0.15, -0.1) is 0 Å². The van der Waals surface area contributed by atoms with Crippen LogP contribution in [0, 0.1) is 5.82 Å². The average molecular weight is 401 g/mol. The Balaban J connectivity index is 1.81. The molecule has 2 aromatic carbocycles. The number of benzene rings is 2. The third kappa shape index (κ3) is 3.87. The van der Waals surface area contributed by atoms with E-state index in [9.17, 15) is 22.7 Å². The van der Waals surface area contributed by atoms with Crippen molar-refractivity contribution in [1.82, 2.24) is 9.38 Å². The number of nitrogens with zero attached hydrogens (tertiary/aromatic N) is 2. The fourth-order valence-electron chi connectivity index (χ4n) is 2.99. The van der Waals surface area contributed by atoms with E-state index in [1.807, 2.05) is 0 Å². The van der Waals surface area contributed by atoms with E-state index in [1.54, 1.807) is 24.3 Å². The van der Waals surface area contributed by atoms with Crippen LogP contribution in [0.3, 0.4) is 0 Å². The van der Waals surface area contributed by atoms with Crippen molar-refractivity contribution in [2.75, 3.05) is 5.32 Å². The van der Waals surface area contributed by atoms with E-state index >= 15 is 0 Å². The Kier molecular flexibility index (Phi) is 4.62. The van der Waals surface area contributed by atoms with Gasteiger partial charge in [0.15, 0.2) is 0 Å². The monoisotopic (exact) mass is 401 g/mol. The summed E-state index contributed by atoms with van der Waals surface area (Å²) in [4.78, 5) is 4.45. The lowest BCUT2D eigenvalue weighted by Crippen LogP contribution is -2.08. The lowest BCUT2D eigenvalue weighted by atomic mass is 10.1. The number of rotatable bonds is 4. The number of anilines is 1. The van der Waals surface area contributed by atoms with Gasteiger partial charge in [0.05, 0.1) is 5.56 Å². The first-order valence-corrected chi connectivity index (χ1v) is 8.68. The lowest BCUT2D eigenvalue weighted by molar-refractivity contribution is -0.137. The van der Waals surface area contributed by atoms with Gasteiger partial charge < -0.3 is 10.4 Å². The molecule has 4 rings (SSSR count). The first-order chi connectivity index (χ1) is 13.8. The van der Waals surface area contributed by atoms with Gasteiger partial charge in [0, 0.05) is 18.3 Å². The molecule has 4 aromatic rings. The summed E-state index contributed by atoms with van der Waals surface area (Å²) in [5.41, 5.74) is 1.35. The van der Waals surface area contributed by atoms with Gasteiger partial charge in [0.1, 0.15) is 28.7 Å². The van der Waals surface area contributed by atoms with Crippen LogP contribution in [0.1, 0.15) is 11.1 Å². The molecule has 0 saturated carbocycles. The van der Waals surface area contributed by atoms with Crippen LogP contribution in [0.25, 0.3) is 16.9 Å². The molecule has 148 valence electrons. The van der Waals surface area contributed by atoms with Crippen molar-refractivity contribution in [3.63, 3.8) is 0 Å². The van der Waals surface area contributed by atoms with Crippen molar-refractivity contribution in [2.24, 2.45) is 0 Å². The molecule has 0 unspecified atom stereocenters. The number of pyridine rings is 1. The number of hydrogen-bond acceptors (Lipinski definition) is 3. The summed E-state index contributed by atoms with van der Waals surface area (Å²) in [6.07, 6.45) is -3.51. The number of phenolic OH excluding ortho intramolecular Hbond substituents is 1. The molecule has 0 bridgehead atoms. The molecule has 0 saturated heterocycles. The second-order valence-corrected chi connectivity index (χ2v) is 6.48. The van der Waals surface area contributed by atoms with Crippen LogP contribution in [0.15, 0.2) is 66.9 Å². The predicted octanol–water partition coefficient (Wildman–Crippen LogP) is 5.48. The first-order valence-electron chi connectivity index (χ1n) is 8.68. The number of halogens is 4. The smallest absolute Gasteiger partial charge is 0.417 e. The molecule has 0 aliphatic rings. The van der Waals surface area contributed by atoms with E-state index in [1.165, 1.54) is 34.7 Å². The minimum Gasteiger partial charge on any atom is -0.508 e. The molecule has 0 spiro atoms. The fourth-order valence-corrected chi connectivity index (χ4v) is 2.99. The Labute approximate surface area is 163 Å². The van der Waals surface area contributed by atoms with Crippen LogP contribution < -0.4 is 5.32 Å². The zero-order chi connectivity index (χ0) is 20.6. The largest absolute Gasteiger partial charge is 0.508 e. The summed E-state index contributed by atoms with van der Waals surface area (Å²) in [5, 5.41) is 12.6. The van der Waals surface area contributed by atoms with Crippen molar-refractivity contribution in [3.8, 4) is 17.0 Å². The van der Waals surface area contributed by atoms with Crippen molar-refractivity contribution in [3.05, 3.63) is 83.8 Å². The zero-order valence-corrected chi connectivity index (χ0v) is 14.9. The highest BCUT2D eigenvalue weighted by Crippen LogP contribution is 2.34. The molecule has 8 heteroatoms. The molecular formula is C21H15F4N3O. The van der Waals surface area contributed by atoms with Gasteiger partial charge in [-0.1, -0.05) is 12.1 Å². The molecule has 4 nitrogen and oxygen atoms in total. The van der Waals surface area contributed by atoms with E-state index in [4.69, 9.17) is 0 Å². The molecule has 2 heterocycles. The molecule has 29 heavy (non-hydrogen) atoms. The van der Waals surface area contributed by atoms with Crippen molar-refractivity contribution in [2.45, 2.75) is 12.7 Å². The van der Waals surface area contributed by atoms with E-state index in [0.29, 0.717) is 22.7 Å². The maximum atomic E-state index is 13.2. The topological polar surface area (TPSA) is 49.6 Å². The van der Waals surface area contributed by atoms with Gasteiger partial charge in [0.25, 0.3) is 0 Å². The number of aromatic nitrogens is 2. The number of fused-ring (bicyclic) bond motifs is 1. The molecule has 0 radical (unpaired) electrons. The van der Waals surface area contributed by atoms with Crippen LogP contribution in [0.2, 0.25) is 0 Å². The zero-order valence-electron chi connectivity index (χ0n) is 14.9. The van der Waals surface area contributed by atoms with E-state index in [0.717, 1.165) is 17.8 Å². The minimum atomic E-state index is -4.49. The molecular weight excluding hydrogens is 386 g/mol. The van der Waals surface area contributed by atoms with Crippen LogP contribution in [0.4, 0.5) is 23.4 Å². The van der Waals surface area contributed by atoms with Crippen LogP contribution in [-0.4, -0.2) is 14.5 Å². The van der Waals surface area contributed by atoms with Gasteiger partial charge in [-0.05, 0) is 54.1 Å². The Hall–Kier alpha value is -3.55. The van der Waals surface area contributed by atoms with Crippen LogP contribution >= 0.6 is 0 Å². The fraction of sp³-hybridized carbons (Fsp3) is 0.0952. The molecule has 0 fully saturated rings. The van der Waals surface area contributed by atoms with E-state index in [2.05, 4.69) is 10.3 Å². The van der Waals surface area contributed by atoms with Crippen molar-refractivity contribution >= 4 is 11.5 Å². The molecule has 2 aromatic heterocycles. The lowest BCUT2D eigenvalue weighted by Gasteiger charge is -2.11. The van der Waals surface area contributed by atoms with E-state index in [-0.39, 0.29) is 18.1 Å². The van der Waals surface area contributed by atoms with Crippen molar-refractivity contribution in [1.29, 1.82) is 0 Å². The van der Waals surface area contributed by atoms with Gasteiger partial charge in [0.2, 0.25) is 0 Å². The number of alkyl halides is 3. The number of hydrogen-bond donors (Lipinski definition) is 2. The summed E-state index contributed by atoms with van der Waals surface area (Å²) in [6, 6.07) is 14.3. The number of aromatic hydroxyl groups is 1. The quantitative estimate of drug-likeness (QED) is 0.446. The SMILES string of the molecule is Oc1ccc(-c2nc3ccc(C(F)(F)F)cn3c2NCc2ccc(F)cc2)cc1. The molecule has 0 atom stereocenters. The van der Waals surface area contributed by atoms with Gasteiger partial charge in [-0.25, -0.2) is 9.37 Å². The van der Waals surface area contributed by atoms with E-state index < -0.39 is 11.7 Å². The maximum absolute atomic E-state index is 13.2. The van der Waals surface area contributed by atoms with Crippen molar-refractivity contribution < 1.29 is 22.7 Å². The third-order valence-corrected chi connectivity index (χ3v) is 4.46. The Morgan fingerprint density at radius 3 is 2.28 bits per heavy atom. The second kappa shape index (κ2) is 7.12. The number of nitrogens with one attached hydrogen (secondary N) is 1. The standard InChI is InChI=1S/C21H15F4N3O/c22-16-6-1-13(2-7-16)11-26-20-19(14-3-8-17(29)9-4-14)27-18-10-5-15(12-28(18)20)21(23,24)25/h1-10,12,26,29H,11H2. The number of phenols is 1. The summed E-state index contributed by atoms with van der Waals surface area (Å²) >= 11 is 0. The summed E-state index contributed by atoms with van der Waals surface area (Å²) in [5.74, 6) is 0.0574. The van der Waals surface area contributed by atoms with Gasteiger partial charge in [-0.3, -0.25) is 4.40 Å². The number of imidazole rings is 1. The molecule has 0 aliphatic heterocycles. The summed E-state index contributed by atoms with van der Waals surface area (Å²) in [7, 11) is 0. The normalized spacial score (nSPS) is 11.7. The summed E-state index contributed by atoms with van der Waals surface area (Å²) in [6.45, 7) is 0.259. The molecule has 2 N–H and O–H groups in total. The predicted molar refractivity (Wildman–Crippen MR) is 101 cm³/mol. The highest BCUT2D eigenvalue weighted by Gasteiger charge is 2.31. The van der Waals surface area contributed by atoms with Gasteiger partial charge in [-0.2, -0.15) is 13.2 Å². The highest BCUT2D eigenvalue weighted by molar-refractivity contribution is 5.77. The maximum Gasteiger partial charge on any atom is 0.417 e. The highest BCUT2D eigenvalue weighted by atomic mass is 19.4. The third-order valence-electron chi connectivity index (χ3n) is 4.46. The van der Waals surface area contributed by atoms with Crippen LogP contribution in [0.5, 0.6) is 5.75 Å². The second-order valence-electron chi connectivity index (χ2n) is 6.48. The Morgan fingerprint density at radius 1 is 0.931 bits per heavy atom. The summed E-state index contributed by atoms with van der Waals surface area (Å²) < 4.78 is 54.0.